The van der Waals surface area contributed by atoms with Gasteiger partial charge in [-0.05, 0) is 24.6 Å². The zero-order valence-electron chi connectivity index (χ0n) is 12.9. The molecule has 3 rings (SSSR count). The van der Waals surface area contributed by atoms with E-state index in [0.29, 0.717) is 25.0 Å². The molecule has 2 aromatic rings. The maximum Gasteiger partial charge on any atom is 0.227 e. The molecule has 0 unspecified atom stereocenters. The van der Waals surface area contributed by atoms with Crippen LogP contribution in [0, 0.1) is 12.7 Å². The number of aromatic nitrogens is 2. The first-order valence-electron chi connectivity index (χ1n) is 7.44. The van der Waals surface area contributed by atoms with E-state index in [4.69, 9.17) is 4.74 Å². The number of rotatable bonds is 4. The van der Waals surface area contributed by atoms with Crippen molar-refractivity contribution < 1.29 is 9.13 Å². The minimum atomic E-state index is -0.267. The average molecular weight is 315 g/mol. The summed E-state index contributed by atoms with van der Waals surface area (Å²) in [5.41, 5.74) is 4.56. The molecule has 0 bridgehead atoms. The SMILES string of the molecule is Cc1cc(N/N=C/c2ccc(F)cc2)nc(N2CCOCC2)n1. The molecule has 0 spiro atoms. The van der Waals surface area contributed by atoms with Crippen molar-refractivity contribution in [2.45, 2.75) is 6.92 Å². The van der Waals surface area contributed by atoms with Crippen LogP contribution >= 0.6 is 0 Å². The third-order valence-electron chi connectivity index (χ3n) is 3.40. The van der Waals surface area contributed by atoms with Crippen molar-refractivity contribution in [2.24, 2.45) is 5.10 Å². The Bertz CT molecular complexity index is 683. The number of hydrogen-bond acceptors (Lipinski definition) is 6. The third-order valence-corrected chi connectivity index (χ3v) is 3.40. The zero-order valence-corrected chi connectivity index (χ0v) is 12.9. The topological polar surface area (TPSA) is 62.6 Å². The Labute approximate surface area is 134 Å². The predicted octanol–water partition coefficient (Wildman–Crippen LogP) is 2.21. The van der Waals surface area contributed by atoms with Crippen LogP contribution in [0.25, 0.3) is 0 Å². The van der Waals surface area contributed by atoms with Gasteiger partial charge in [-0.3, -0.25) is 5.43 Å². The largest absolute Gasteiger partial charge is 0.378 e. The van der Waals surface area contributed by atoms with Gasteiger partial charge in [-0.2, -0.15) is 10.1 Å². The number of aryl methyl sites for hydroxylation is 1. The highest BCUT2D eigenvalue weighted by molar-refractivity contribution is 5.79. The Balaban J connectivity index is 1.69. The summed E-state index contributed by atoms with van der Waals surface area (Å²) in [7, 11) is 0. The van der Waals surface area contributed by atoms with Gasteiger partial charge in [0.1, 0.15) is 5.82 Å². The molecular formula is C16H18FN5O. The van der Waals surface area contributed by atoms with E-state index in [1.54, 1.807) is 18.3 Å². The van der Waals surface area contributed by atoms with E-state index in [-0.39, 0.29) is 5.82 Å². The van der Waals surface area contributed by atoms with Gasteiger partial charge in [-0.15, -0.1) is 0 Å². The fraction of sp³-hybridized carbons (Fsp3) is 0.312. The molecule has 1 aromatic carbocycles. The minimum Gasteiger partial charge on any atom is -0.378 e. The molecule has 0 saturated carbocycles. The summed E-state index contributed by atoms with van der Waals surface area (Å²) in [5.74, 6) is 1.03. The highest BCUT2D eigenvalue weighted by Gasteiger charge is 2.14. The van der Waals surface area contributed by atoms with E-state index in [2.05, 4.69) is 25.4 Å². The van der Waals surface area contributed by atoms with Crippen LogP contribution in [0.1, 0.15) is 11.3 Å². The molecule has 1 aliphatic rings. The standard InChI is InChI=1S/C16H18FN5O/c1-12-10-15(20-16(19-12)22-6-8-23-9-7-22)21-18-11-13-2-4-14(17)5-3-13/h2-5,10-11H,6-9H2,1H3,(H,19,20,21)/b18-11+. The summed E-state index contributed by atoms with van der Waals surface area (Å²) in [5, 5.41) is 4.14. The molecule has 0 amide bonds. The first-order valence-corrected chi connectivity index (χ1v) is 7.44. The highest BCUT2D eigenvalue weighted by atomic mass is 19.1. The second-order valence-corrected chi connectivity index (χ2v) is 5.22. The first-order chi connectivity index (χ1) is 11.2. The van der Waals surface area contributed by atoms with E-state index in [0.717, 1.165) is 24.3 Å². The minimum absolute atomic E-state index is 0.267. The van der Waals surface area contributed by atoms with Gasteiger partial charge in [-0.25, -0.2) is 9.37 Å². The molecule has 23 heavy (non-hydrogen) atoms. The lowest BCUT2D eigenvalue weighted by molar-refractivity contribution is 0.122. The number of nitrogens with one attached hydrogen (secondary N) is 1. The lowest BCUT2D eigenvalue weighted by atomic mass is 10.2. The molecule has 0 radical (unpaired) electrons. The maximum absolute atomic E-state index is 12.8. The molecule has 1 aromatic heterocycles. The van der Waals surface area contributed by atoms with Crippen LogP contribution in [-0.4, -0.2) is 42.5 Å². The van der Waals surface area contributed by atoms with Crippen LogP contribution < -0.4 is 10.3 Å². The normalized spacial score (nSPS) is 15.1. The zero-order chi connectivity index (χ0) is 16.1. The van der Waals surface area contributed by atoms with Crippen LogP contribution in [0.15, 0.2) is 35.4 Å². The smallest absolute Gasteiger partial charge is 0.227 e. The van der Waals surface area contributed by atoms with Gasteiger partial charge in [0.15, 0.2) is 5.82 Å². The molecule has 1 aliphatic heterocycles. The van der Waals surface area contributed by atoms with Crippen molar-refractivity contribution in [2.75, 3.05) is 36.6 Å². The van der Waals surface area contributed by atoms with Crippen LogP contribution in [0.5, 0.6) is 0 Å². The molecule has 120 valence electrons. The highest BCUT2D eigenvalue weighted by Crippen LogP contribution is 2.15. The summed E-state index contributed by atoms with van der Waals surface area (Å²) in [4.78, 5) is 11.0. The summed E-state index contributed by atoms with van der Waals surface area (Å²) in [6.45, 7) is 4.84. The Morgan fingerprint density at radius 1 is 1.22 bits per heavy atom. The Hall–Kier alpha value is -2.54. The van der Waals surface area contributed by atoms with Gasteiger partial charge >= 0.3 is 0 Å². The molecular weight excluding hydrogens is 297 g/mol. The predicted molar refractivity (Wildman–Crippen MR) is 87.4 cm³/mol. The average Bonchev–Trinajstić information content (AvgIpc) is 2.57. The third kappa shape index (κ3) is 4.23. The number of anilines is 2. The number of nitrogens with zero attached hydrogens (tertiary/aromatic N) is 4. The van der Waals surface area contributed by atoms with Crippen molar-refractivity contribution in [1.29, 1.82) is 0 Å². The van der Waals surface area contributed by atoms with Crippen LogP contribution in [0.3, 0.4) is 0 Å². The van der Waals surface area contributed by atoms with E-state index < -0.39 is 0 Å². The molecule has 0 aliphatic carbocycles. The van der Waals surface area contributed by atoms with Crippen molar-refractivity contribution in [1.82, 2.24) is 9.97 Å². The number of hydrogen-bond donors (Lipinski definition) is 1. The lowest BCUT2D eigenvalue weighted by Gasteiger charge is -2.27. The monoisotopic (exact) mass is 315 g/mol. The van der Waals surface area contributed by atoms with Crippen molar-refractivity contribution in [3.8, 4) is 0 Å². The van der Waals surface area contributed by atoms with Gasteiger partial charge in [0.25, 0.3) is 0 Å². The molecule has 1 N–H and O–H groups in total. The molecule has 6 nitrogen and oxygen atoms in total. The van der Waals surface area contributed by atoms with E-state index in [1.807, 2.05) is 13.0 Å². The number of halogens is 1. The second kappa shape index (κ2) is 7.15. The fourth-order valence-corrected chi connectivity index (χ4v) is 2.24. The van der Waals surface area contributed by atoms with Gasteiger partial charge in [0, 0.05) is 24.8 Å². The number of benzene rings is 1. The molecule has 0 atom stereocenters. The van der Waals surface area contributed by atoms with Gasteiger partial charge in [0.05, 0.1) is 19.4 Å². The second-order valence-electron chi connectivity index (χ2n) is 5.22. The summed E-state index contributed by atoms with van der Waals surface area (Å²) in [6, 6.07) is 7.93. The van der Waals surface area contributed by atoms with E-state index in [1.165, 1.54) is 12.1 Å². The van der Waals surface area contributed by atoms with Crippen LogP contribution in [-0.2, 0) is 4.74 Å². The van der Waals surface area contributed by atoms with Crippen molar-refractivity contribution in [3.05, 3.63) is 47.4 Å². The number of morpholine rings is 1. The van der Waals surface area contributed by atoms with E-state index in [9.17, 15) is 4.39 Å². The first kappa shape index (κ1) is 15.4. The summed E-state index contributed by atoms with van der Waals surface area (Å²) < 4.78 is 18.2. The summed E-state index contributed by atoms with van der Waals surface area (Å²) in [6.07, 6.45) is 1.62. The van der Waals surface area contributed by atoms with Gasteiger partial charge in [0.2, 0.25) is 5.95 Å². The maximum atomic E-state index is 12.8. The molecule has 2 heterocycles. The number of ether oxygens (including phenoxy) is 1. The van der Waals surface area contributed by atoms with Crippen LogP contribution in [0.2, 0.25) is 0 Å². The molecule has 1 saturated heterocycles. The fourth-order valence-electron chi connectivity index (χ4n) is 2.24. The summed E-state index contributed by atoms with van der Waals surface area (Å²) >= 11 is 0. The van der Waals surface area contributed by atoms with Crippen molar-refractivity contribution >= 4 is 18.0 Å². The van der Waals surface area contributed by atoms with Crippen molar-refractivity contribution in [3.63, 3.8) is 0 Å². The molecule has 1 fully saturated rings. The number of hydrazone groups is 1. The van der Waals surface area contributed by atoms with Gasteiger partial charge in [-0.1, -0.05) is 12.1 Å². The Kier molecular flexibility index (Phi) is 4.77. The lowest BCUT2D eigenvalue weighted by Crippen LogP contribution is -2.37. The molecule has 7 heteroatoms. The Morgan fingerprint density at radius 3 is 2.70 bits per heavy atom. The quantitative estimate of drug-likeness (QED) is 0.692. The van der Waals surface area contributed by atoms with Crippen LogP contribution in [0.4, 0.5) is 16.2 Å². The van der Waals surface area contributed by atoms with E-state index >= 15 is 0 Å². The Morgan fingerprint density at radius 2 is 1.96 bits per heavy atom. The van der Waals surface area contributed by atoms with Gasteiger partial charge < -0.3 is 9.64 Å².